The van der Waals surface area contributed by atoms with Crippen molar-refractivity contribution in [2.45, 2.75) is 39.0 Å². The summed E-state index contributed by atoms with van der Waals surface area (Å²) >= 11 is 0. The molecule has 2 atom stereocenters. The molecule has 0 bridgehead atoms. The lowest BCUT2D eigenvalue weighted by atomic mass is 9.93. The molecule has 178 valence electrons. The van der Waals surface area contributed by atoms with Crippen LogP contribution in [-0.2, 0) is 22.6 Å². The van der Waals surface area contributed by atoms with Crippen molar-refractivity contribution < 1.29 is 24.2 Å². The Hall–Kier alpha value is -4.06. The average Bonchev–Trinajstić information content (AvgIpc) is 3.34. The molecule has 2 aliphatic rings. The molecule has 0 aromatic heterocycles. The van der Waals surface area contributed by atoms with E-state index >= 15 is 0 Å². The minimum Gasteiger partial charge on any atom is -0.507 e. The van der Waals surface area contributed by atoms with Crippen LogP contribution in [0.3, 0.4) is 0 Å². The molecule has 6 heteroatoms. The van der Waals surface area contributed by atoms with Gasteiger partial charge in [-0.2, -0.15) is 0 Å². The van der Waals surface area contributed by atoms with Crippen LogP contribution < -0.4 is 9.47 Å². The largest absolute Gasteiger partial charge is 0.507 e. The van der Waals surface area contributed by atoms with Crippen molar-refractivity contribution in [2.75, 3.05) is 7.11 Å². The molecule has 3 aromatic carbocycles. The zero-order valence-electron chi connectivity index (χ0n) is 19.9. The number of nitrogens with zero attached hydrogens (tertiary/aromatic N) is 1. The Kier molecular flexibility index (Phi) is 5.81. The maximum Gasteiger partial charge on any atom is 0.295 e. The van der Waals surface area contributed by atoms with Crippen molar-refractivity contribution >= 4 is 17.4 Å². The summed E-state index contributed by atoms with van der Waals surface area (Å²) in [7, 11) is 1.58. The van der Waals surface area contributed by atoms with Crippen LogP contribution in [0.15, 0.2) is 72.3 Å². The monoisotopic (exact) mass is 469 g/mol. The Labute approximate surface area is 204 Å². The Morgan fingerprint density at radius 1 is 1.09 bits per heavy atom. The topological polar surface area (TPSA) is 76.1 Å². The summed E-state index contributed by atoms with van der Waals surface area (Å²) in [6, 6.07) is 19.7. The van der Waals surface area contributed by atoms with Gasteiger partial charge in [-0.15, -0.1) is 0 Å². The number of amides is 1. The Balaban J connectivity index is 1.62. The Bertz CT molecular complexity index is 1360. The van der Waals surface area contributed by atoms with Gasteiger partial charge < -0.3 is 19.5 Å². The summed E-state index contributed by atoms with van der Waals surface area (Å²) in [6.07, 6.45) is 0.783. The summed E-state index contributed by atoms with van der Waals surface area (Å²) < 4.78 is 11.1. The first kappa shape index (κ1) is 22.7. The normalized spacial score (nSPS) is 20.6. The van der Waals surface area contributed by atoms with Gasteiger partial charge in [0.2, 0.25) is 0 Å². The molecule has 2 aliphatic heterocycles. The standard InChI is InChI=1S/C29H27NO5/c1-17-6-4-8-20(12-17)26-25(27(31)21-10-11-24-22(15-21)13-18(2)35-24)28(32)29(33)30(26)16-19-7-5-9-23(14-19)34-3/h4-12,14-15,18,26,31H,13,16H2,1-3H3/b27-25-. The van der Waals surface area contributed by atoms with E-state index in [0.717, 1.165) is 34.4 Å². The molecule has 1 saturated heterocycles. The van der Waals surface area contributed by atoms with Crippen molar-refractivity contribution in [2.24, 2.45) is 0 Å². The van der Waals surface area contributed by atoms with E-state index in [1.54, 1.807) is 13.2 Å². The lowest BCUT2D eigenvalue weighted by molar-refractivity contribution is -0.140. The Morgan fingerprint density at radius 3 is 2.66 bits per heavy atom. The average molecular weight is 470 g/mol. The maximum absolute atomic E-state index is 13.3. The van der Waals surface area contributed by atoms with Crippen molar-refractivity contribution in [3.05, 3.63) is 100 Å². The lowest BCUT2D eigenvalue weighted by Gasteiger charge is -2.26. The van der Waals surface area contributed by atoms with Crippen LogP contribution in [0.1, 0.15) is 40.8 Å². The van der Waals surface area contributed by atoms with E-state index in [4.69, 9.17) is 9.47 Å². The van der Waals surface area contributed by atoms with E-state index < -0.39 is 17.7 Å². The second-order valence-electron chi connectivity index (χ2n) is 9.15. The van der Waals surface area contributed by atoms with Gasteiger partial charge in [0.25, 0.3) is 11.7 Å². The van der Waals surface area contributed by atoms with Gasteiger partial charge in [-0.25, -0.2) is 0 Å². The number of rotatable bonds is 5. The van der Waals surface area contributed by atoms with Gasteiger partial charge in [0.05, 0.1) is 18.7 Å². The van der Waals surface area contributed by atoms with E-state index in [0.29, 0.717) is 11.3 Å². The highest BCUT2D eigenvalue weighted by Crippen LogP contribution is 2.41. The summed E-state index contributed by atoms with van der Waals surface area (Å²) in [4.78, 5) is 28.2. The molecule has 3 aromatic rings. The van der Waals surface area contributed by atoms with Gasteiger partial charge in [-0.3, -0.25) is 9.59 Å². The molecule has 0 aliphatic carbocycles. The highest BCUT2D eigenvalue weighted by Gasteiger charge is 2.46. The number of hydrogen-bond donors (Lipinski definition) is 1. The molecule has 35 heavy (non-hydrogen) atoms. The number of fused-ring (bicyclic) bond motifs is 1. The number of Topliss-reactive ketones (excluding diaryl/α,β-unsaturated/α-hetero) is 1. The van der Waals surface area contributed by atoms with Crippen LogP contribution in [0.2, 0.25) is 0 Å². The number of ether oxygens (including phenoxy) is 2. The van der Waals surface area contributed by atoms with Crippen LogP contribution in [-0.4, -0.2) is 34.9 Å². The quantitative estimate of drug-likeness (QED) is 0.325. The molecular weight excluding hydrogens is 442 g/mol. The number of methoxy groups -OCH3 is 1. The molecule has 6 nitrogen and oxygen atoms in total. The second kappa shape index (κ2) is 8.95. The fourth-order valence-electron chi connectivity index (χ4n) is 4.92. The number of likely N-dealkylation sites (tertiary alicyclic amines) is 1. The first-order valence-electron chi connectivity index (χ1n) is 11.6. The SMILES string of the molecule is COc1cccc(CN2C(=O)C(=O)/C(=C(\O)c3ccc4c(c3)CC(C)O4)C2c2cccc(C)c2)c1. The molecule has 5 rings (SSSR count). The van der Waals surface area contributed by atoms with Gasteiger partial charge in [0, 0.05) is 18.5 Å². The minimum absolute atomic E-state index is 0.0585. The highest BCUT2D eigenvalue weighted by atomic mass is 16.5. The number of hydrogen-bond acceptors (Lipinski definition) is 5. The van der Waals surface area contributed by atoms with E-state index in [9.17, 15) is 14.7 Å². The van der Waals surface area contributed by atoms with Crippen molar-refractivity contribution in [3.63, 3.8) is 0 Å². The third-order valence-corrected chi connectivity index (χ3v) is 6.55. The lowest BCUT2D eigenvalue weighted by Crippen LogP contribution is -2.29. The van der Waals surface area contributed by atoms with Crippen LogP contribution in [0.4, 0.5) is 0 Å². The van der Waals surface area contributed by atoms with Crippen LogP contribution in [0.5, 0.6) is 11.5 Å². The maximum atomic E-state index is 13.3. The fourth-order valence-corrected chi connectivity index (χ4v) is 4.92. The molecule has 0 saturated carbocycles. The zero-order valence-corrected chi connectivity index (χ0v) is 19.9. The summed E-state index contributed by atoms with van der Waals surface area (Å²) in [6.45, 7) is 4.15. The first-order valence-corrected chi connectivity index (χ1v) is 11.6. The van der Waals surface area contributed by atoms with Gasteiger partial charge in [0.15, 0.2) is 0 Å². The van der Waals surface area contributed by atoms with Crippen molar-refractivity contribution in [1.29, 1.82) is 0 Å². The van der Waals surface area contributed by atoms with Crippen LogP contribution >= 0.6 is 0 Å². The van der Waals surface area contributed by atoms with Gasteiger partial charge in [-0.1, -0.05) is 42.0 Å². The molecular formula is C29H27NO5. The predicted octanol–water partition coefficient (Wildman–Crippen LogP) is 4.95. The van der Waals surface area contributed by atoms with E-state index in [2.05, 4.69) is 0 Å². The van der Waals surface area contributed by atoms with E-state index in [1.807, 2.05) is 74.5 Å². The number of carbonyl (C=O) groups is 2. The number of carbonyl (C=O) groups excluding carboxylic acids is 2. The van der Waals surface area contributed by atoms with Gasteiger partial charge in [-0.05, 0) is 60.9 Å². The molecule has 0 radical (unpaired) electrons. The number of benzene rings is 3. The summed E-state index contributed by atoms with van der Waals surface area (Å²) in [5, 5.41) is 11.4. The molecule has 2 heterocycles. The molecule has 1 amide bonds. The number of aryl methyl sites for hydroxylation is 1. The molecule has 0 spiro atoms. The van der Waals surface area contributed by atoms with Crippen LogP contribution in [0, 0.1) is 6.92 Å². The van der Waals surface area contributed by atoms with Gasteiger partial charge >= 0.3 is 0 Å². The molecule has 1 fully saturated rings. The van der Waals surface area contributed by atoms with Gasteiger partial charge in [0.1, 0.15) is 23.4 Å². The summed E-state index contributed by atoms with van der Waals surface area (Å²) in [5.41, 5.74) is 4.16. The number of ketones is 1. The van der Waals surface area contributed by atoms with E-state index in [1.165, 1.54) is 4.90 Å². The fraction of sp³-hybridized carbons (Fsp3) is 0.241. The van der Waals surface area contributed by atoms with Crippen LogP contribution in [0.25, 0.3) is 5.76 Å². The molecule has 1 N–H and O–H groups in total. The first-order chi connectivity index (χ1) is 16.9. The summed E-state index contributed by atoms with van der Waals surface area (Å²) in [5.74, 6) is -0.0603. The second-order valence-corrected chi connectivity index (χ2v) is 9.15. The molecule has 2 unspecified atom stereocenters. The minimum atomic E-state index is -0.718. The number of aliphatic hydroxyl groups is 1. The van der Waals surface area contributed by atoms with Crippen molar-refractivity contribution in [1.82, 2.24) is 4.90 Å². The Morgan fingerprint density at radius 2 is 1.89 bits per heavy atom. The third kappa shape index (κ3) is 4.16. The predicted molar refractivity (Wildman–Crippen MR) is 132 cm³/mol. The smallest absolute Gasteiger partial charge is 0.295 e. The third-order valence-electron chi connectivity index (χ3n) is 6.55. The highest BCUT2D eigenvalue weighted by molar-refractivity contribution is 6.46. The van der Waals surface area contributed by atoms with E-state index in [-0.39, 0.29) is 24.0 Å². The zero-order chi connectivity index (χ0) is 24.7. The van der Waals surface area contributed by atoms with Crippen molar-refractivity contribution in [3.8, 4) is 11.5 Å². The number of aliphatic hydroxyl groups excluding tert-OH is 1.